The summed E-state index contributed by atoms with van der Waals surface area (Å²) in [6, 6.07) is 0. The summed E-state index contributed by atoms with van der Waals surface area (Å²) in [5.41, 5.74) is 0. The standard InChI is InChI=1S/C5H11O7P/c6-3-1-5(7)12-4(3)2-11-13(8,9)10/h3-7H,1-2H2,(H2,8,9,10)/p-2/t3-,4+,5+/m1/s1. The van der Waals surface area contributed by atoms with Crippen molar-refractivity contribution in [3.8, 4) is 0 Å². The highest BCUT2D eigenvalue weighted by molar-refractivity contribution is 7.43. The van der Waals surface area contributed by atoms with Crippen LogP contribution in [0.2, 0.25) is 0 Å². The molecule has 1 fully saturated rings. The fraction of sp³-hybridized carbons (Fsp3) is 1.00. The van der Waals surface area contributed by atoms with Crippen molar-refractivity contribution in [2.75, 3.05) is 6.61 Å². The van der Waals surface area contributed by atoms with E-state index in [9.17, 15) is 14.4 Å². The molecule has 0 amide bonds. The Balaban J connectivity index is 2.34. The lowest BCUT2D eigenvalue weighted by molar-refractivity contribution is -0.343. The maximum Gasteiger partial charge on any atom is 0.157 e. The van der Waals surface area contributed by atoms with E-state index in [0.29, 0.717) is 0 Å². The summed E-state index contributed by atoms with van der Waals surface area (Å²) in [5.74, 6) is 0. The van der Waals surface area contributed by atoms with Crippen LogP contribution in [-0.2, 0) is 13.8 Å². The molecule has 1 saturated heterocycles. The summed E-state index contributed by atoms with van der Waals surface area (Å²) in [4.78, 5) is 20.1. The van der Waals surface area contributed by atoms with Crippen LogP contribution < -0.4 is 9.79 Å². The Morgan fingerprint density at radius 3 is 2.54 bits per heavy atom. The molecule has 1 rings (SSSR count). The van der Waals surface area contributed by atoms with Crippen LogP contribution in [0.1, 0.15) is 6.42 Å². The zero-order chi connectivity index (χ0) is 10.1. The highest BCUT2D eigenvalue weighted by atomic mass is 31.2. The maximum absolute atomic E-state index is 10.0. The second-order valence-electron chi connectivity index (χ2n) is 2.68. The molecule has 0 aromatic heterocycles. The SMILES string of the molecule is O=P([O-])([O-])OC[C@@H]1O[C@H](O)C[C@H]1O. The molecule has 1 heterocycles. The molecule has 0 saturated carbocycles. The zero-order valence-corrected chi connectivity index (χ0v) is 7.42. The minimum atomic E-state index is -5.04. The fourth-order valence-electron chi connectivity index (χ4n) is 1.02. The molecular formula is C5H9O7P-2. The molecule has 0 bridgehead atoms. The van der Waals surface area contributed by atoms with E-state index in [2.05, 4.69) is 9.26 Å². The van der Waals surface area contributed by atoms with Crippen LogP contribution in [0.3, 0.4) is 0 Å². The summed E-state index contributed by atoms with van der Waals surface area (Å²) in [6.45, 7) is -0.567. The van der Waals surface area contributed by atoms with Gasteiger partial charge in [0.2, 0.25) is 0 Å². The van der Waals surface area contributed by atoms with E-state index in [0.717, 1.165) is 0 Å². The minimum Gasteiger partial charge on any atom is -0.790 e. The third kappa shape index (κ3) is 3.70. The summed E-state index contributed by atoms with van der Waals surface area (Å²) < 4.78 is 18.6. The van der Waals surface area contributed by atoms with Gasteiger partial charge in [0, 0.05) is 6.42 Å². The molecular weight excluding hydrogens is 203 g/mol. The predicted molar refractivity (Wildman–Crippen MR) is 35.1 cm³/mol. The summed E-state index contributed by atoms with van der Waals surface area (Å²) in [5, 5.41) is 17.9. The van der Waals surface area contributed by atoms with Gasteiger partial charge >= 0.3 is 0 Å². The van der Waals surface area contributed by atoms with Gasteiger partial charge in [-0.05, 0) is 0 Å². The van der Waals surface area contributed by atoms with Crippen LogP contribution in [-0.4, -0.2) is 35.3 Å². The van der Waals surface area contributed by atoms with Gasteiger partial charge in [-0.3, -0.25) is 0 Å². The lowest BCUT2D eigenvalue weighted by atomic mass is 10.2. The van der Waals surface area contributed by atoms with Gasteiger partial charge in [0.25, 0.3) is 0 Å². The zero-order valence-electron chi connectivity index (χ0n) is 6.53. The molecule has 8 heteroatoms. The number of phosphoric acid groups is 1. The average molecular weight is 212 g/mol. The lowest BCUT2D eigenvalue weighted by Crippen LogP contribution is -2.29. The number of phosphoric ester groups is 1. The Bertz CT molecular complexity index is 213. The summed E-state index contributed by atoms with van der Waals surface area (Å²) in [6.07, 6.45) is -3.13. The van der Waals surface area contributed by atoms with Crippen LogP contribution in [0.25, 0.3) is 0 Å². The first-order chi connectivity index (χ1) is 5.88. The molecule has 0 radical (unpaired) electrons. The highest BCUT2D eigenvalue weighted by Gasteiger charge is 2.32. The van der Waals surface area contributed by atoms with Gasteiger partial charge in [-0.25, -0.2) is 0 Å². The van der Waals surface area contributed by atoms with Gasteiger partial charge in [0.15, 0.2) is 6.29 Å². The van der Waals surface area contributed by atoms with E-state index in [1.165, 1.54) is 0 Å². The highest BCUT2D eigenvalue weighted by Crippen LogP contribution is 2.27. The molecule has 2 N–H and O–H groups in total. The second-order valence-corrected chi connectivity index (χ2v) is 3.83. The van der Waals surface area contributed by atoms with Gasteiger partial charge in [0.1, 0.15) is 6.10 Å². The Labute approximate surface area is 74.1 Å². The first kappa shape index (κ1) is 11.1. The smallest absolute Gasteiger partial charge is 0.157 e. The molecule has 1 aliphatic heterocycles. The largest absolute Gasteiger partial charge is 0.790 e. The fourth-order valence-corrected chi connectivity index (χ4v) is 1.35. The molecule has 0 aromatic carbocycles. The number of aliphatic hydroxyl groups excluding tert-OH is 2. The van der Waals surface area contributed by atoms with Gasteiger partial charge in [-0.1, -0.05) is 0 Å². The van der Waals surface area contributed by atoms with Crippen molar-refractivity contribution in [1.29, 1.82) is 0 Å². The Morgan fingerprint density at radius 2 is 2.15 bits per heavy atom. The molecule has 1 aliphatic rings. The van der Waals surface area contributed by atoms with E-state index < -0.39 is 32.9 Å². The second kappa shape index (κ2) is 4.02. The summed E-state index contributed by atoms with van der Waals surface area (Å²) >= 11 is 0. The number of aliphatic hydroxyl groups is 2. The summed E-state index contributed by atoms with van der Waals surface area (Å²) in [7, 11) is -5.04. The topological polar surface area (TPSA) is 122 Å². The average Bonchev–Trinajstić information content (AvgIpc) is 2.24. The number of ether oxygens (including phenoxy) is 1. The number of rotatable bonds is 3. The minimum absolute atomic E-state index is 0.0178. The van der Waals surface area contributed by atoms with Gasteiger partial charge in [0.05, 0.1) is 20.5 Å². The Hall–Kier alpha value is -0.0100. The van der Waals surface area contributed by atoms with Crippen molar-refractivity contribution in [3.05, 3.63) is 0 Å². The van der Waals surface area contributed by atoms with Crippen molar-refractivity contribution in [2.24, 2.45) is 0 Å². The Morgan fingerprint density at radius 1 is 1.54 bits per heavy atom. The van der Waals surface area contributed by atoms with E-state index in [1.54, 1.807) is 0 Å². The van der Waals surface area contributed by atoms with Gasteiger partial charge < -0.3 is 33.8 Å². The normalized spacial score (nSPS) is 35.2. The van der Waals surface area contributed by atoms with Gasteiger partial charge in [-0.15, -0.1) is 0 Å². The number of hydrogen-bond acceptors (Lipinski definition) is 7. The molecule has 13 heavy (non-hydrogen) atoms. The maximum atomic E-state index is 10.0. The van der Waals surface area contributed by atoms with Crippen molar-refractivity contribution in [3.63, 3.8) is 0 Å². The third-order valence-electron chi connectivity index (χ3n) is 1.60. The van der Waals surface area contributed by atoms with Crippen LogP contribution in [0.15, 0.2) is 0 Å². The lowest BCUT2D eigenvalue weighted by Gasteiger charge is -2.30. The predicted octanol–water partition coefficient (Wildman–Crippen LogP) is -2.70. The monoisotopic (exact) mass is 212 g/mol. The molecule has 7 nitrogen and oxygen atoms in total. The first-order valence-corrected chi connectivity index (χ1v) is 5.03. The van der Waals surface area contributed by atoms with E-state index in [4.69, 9.17) is 10.2 Å². The first-order valence-electron chi connectivity index (χ1n) is 3.56. The van der Waals surface area contributed by atoms with Crippen molar-refractivity contribution >= 4 is 7.82 Å². The van der Waals surface area contributed by atoms with E-state index in [-0.39, 0.29) is 6.42 Å². The van der Waals surface area contributed by atoms with Crippen LogP contribution in [0, 0.1) is 0 Å². The third-order valence-corrected chi connectivity index (χ3v) is 2.07. The van der Waals surface area contributed by atoms with Crippen molar-refractivity contribution < 1.29 is 33.8 Å². The molecule has 0 spiro atoms. The molecule has 0 aliphatic carbocycles. The van der Waals surface area contributed by atoms with Crippen LogP contribution in [0.4, 0.5) is 0 Å². The van der Waals surface area contributed by atoms with E-state index >= 15 is 0 Å². The Kier molecular flexibility index (Phi) is 3.42. The van der Waals surface area contributed by atoms with Crippen LogP contribution in [0.5, 0.6) is 0 Å². The van der Waals surface area contributed by atoms with Crippen molar-refractivity contribution in [2.45, 2.75) is 24.9 Å². The van der Waals surface area contributed by atoms with Crippen LogP contribution >= 0.6 is 7.82 Å². The number of hydrogen-bond donors (Lipinski definition) is 2. The molecule has 0 aromatic rings. The molecule has 78 valence electrons. The van der Waals surface area contributed by atoms with Crippen molar-refractivity contribution in [1.82, 2.24) is 0 Å². The molecule has 0 unspecified atom stereocenters. The quantitative estimate of drug-likeness (QED) is 0.488. The van der Waals surface area contributed by atoms with E-state index in [1.807, 2.05) is 0 Å². The van der Waals surface area contributed by atoms with Gasteiger partial charge in [-0.2, -0.15) is 0 Å². The molecule has 3 atom stereocenters.